The molecule has 0 radical (unpaired) electrons. The fourth-order valence-electron chi connectivity index (χ4n) is 1.78. The summed E-state index contributed by atoms with van der Waals surface area (Å²) >= 11 is 0. The first kappa shape index (κ1) is 13.1. The lowest BCUT2D eigenvalue weighted by Gasteiger charge is -2.09. The van der Waals surface area contributed by atoms with Crippen molar-refractivity contribution in [3.63, 3.8) is 0 Å². The van der Waals surface area contributed by atoms with Crippen LogP contribution in [-0.2, 0) is 6.42 Å². The van der Waals surface area contributed by atoms with Crippen LogP contribution in [0.3, 0.4) is 0 Å². The third kappa shape index (κ3) is 4.27. The van der Waals surface area contributed by atoms with Crippen LogP contribution in [0.1, 0.15) is 38.2 Å². The van der Waals surface area contributed by atoms with Crippen molar-refractivity contribution >= 4 is 0 Å². The summed E-state index contributed by atoms with van der Waals surface area (Å²) in [6.45, 7) is 2.11. The first-order valence-corrected chi connectivity index (χ1v) is 5.83. The Bertz CT molecular complexity index is 326. The Labute approximate surface area is 95.7 Å². The van der Waals surface area contributed by atoms with Gasteiger partial charge in [-0.3, -0.25) is 0 Å². The Morgan fingerprint density at radius 2 is 1.94 bits per heavy atom. The van der Waals surface area contributed by atoms with Gasteiger partial charge in [-0.05, 0) is 43.4 Å². The lowest BCUT2D eigenvalue weighted by Crippen LogP contribution is -2.19. The summed E-state index contributed by atoms with van der Waals surface area (Å²) in [6, 6.07) is 4.30. The molecule has 90 valence electrons. The predicted molar refractivity (Wildman–Crippen MR) is 62.2 cm³/mol. The zero-order chi connectivity index (χ0) is 12.0. The lowest BCUT2D eigenvalue weighted by atomic mass is 10.0. The van der Waals surface area contributed by atoms with E-state index in [0.717, 1.165) is 37.7 Å². The van der Waals surface area contributed by atoms with Crippen LogP contribution in [0, 0.1) is 11.6 Å². The minimum absolute atomic E-state index is 0.232. The van der Waals surface area contributed by atoms with Crippen molar-refractivity contribution < 1.29 is 8.78 Å². The molecule has 0 saturated carbocycles. The molecule has 0 aliphatic carbocycles. The largest absolute Gasteiger partial charge is 0.328 e. The number of hydrogen-bond donors (Lipinski definition) is 1. The Kier molecular flexibility index (Phi) is 5.39. The van der Waals surface area contributed by atoms with Crippen LogP contribution >= 0.6 is 0 Å². The maximum Gasteiger partial charge on any atom is 0.159 e. The molecule has 0 amide bonds. The molecule has 0 spiro atoms. The number of rotatable bonds is 6. The molecule has 0 bridgehead atoms. The van der Waals surface area contributed by atoms with E-state index < -0.39 is 11.6 Å². The van der Waals surface area contributed by atoms with Crippen molar-refractivity contribution in [2.75, 3.05) is 0 Å². The number of aryl methyl sites for hydroxylation is 1. The van der Waals surface area contributed by atoms with Crippen molar-refractivity contribution in [1.82, 2.24) is 0 Å². The van der Waals surface area contributed by atoms with Gasteiger partial charge in [0.25, 0.3) is 0 Å². The van der Waals surface area contributed by atoms with Gasteiger partial charge in [0.15, 0.2) is 11.6 Å². The molecule has 0 fully saturated rings. The fourth-order valence-corrected chi connectivity index (χ4v) is 1.78. The van der Waals surface area contributed by atoms with Gasteiger partial charge in [-0.25, -0.2) is 8.78 Å². The van der Waals surface area contributed by atoms with Gasteiger partial charge in [0, 0.05) is 6.04 Å². The Morgan fingerprint density at radius 1 is 1.19 bits per heavy atom. The zero-order valence-corrected chi connectivity index (χ0v) is 9.68. The van der Waals surface area contributed by atoms with Crippen molar-refractivity contribution in [3.05, 3.63) is 35.4 Å². The van der Waals surface area contributed by atoms with Crippen molar-refractivity contribution in [1.29, 1.82) is 0 Å². The highest BCUT2D eigenvalue weighted by Gasteiger charge is 2.04. The van der Waals surface area contributed by atoms with Crippen molar-refractivity contribution in [3.8, 4) is 0 Å². The maximum atomic E-state index is 12.9. The van der Waals surface area contributed by atoms with E-state index in [9.17, 15) is 8.78 Å². The van der Waals surface area contributed by atoms with Crippen molar-refractivity contribution in [2.45, 2.75) is 45.1 Å². The van der Waals surface area contributed by atoms with E-state index in [0.29, 0.717) is 0 Å². The molecule has 1 aromatic carbocycles. The number of nitrogens with two attached hydrogens (primary N) is 1. The van der Waals surface area contributed by atoms with Gasteiger partial charge in [-0.15, -0.1) is 0 Å². The van der Waals surface area contributed by atoms with E-state index in [2.05, 4.69) is 6.92 Å². The molecule has 0 heterocycles. The smallest absolute Gasteiger partial charge is 0.159 e. The molecule has 1 nitrogen and oxygen atoms in total. The molecule has 0 aliphatic heterocycles. The molecule has 0 saturated heterocycles. The average Bonchev–Trinajstić information content (AvgIpc) is 2.24. The second kappa shape index (κ2) is 6.59. The van der Waals surface area contributed by atoms with Gasteiger partial charge in [-0.1, -0.05) is 19.4 Å². The number of hydrogen-bond acceptors (Lipinski definition) is 1. The van der Waals surface area contributed by atoms with E-state index in [-0.39, 0.29) is 6.04 Å². The van der Waals surface area contributed by atoms with E-state index >= 15 is 0 Å². The molecular weight excluding hydrogens is 208 g/mol. The molecule has 1 unspecified atom stereocenters. The van der Waals surface area contributed by atoms with Gasteiger partial charge in [0.05, 0.1) is 0 Å². The van der Waals surface area contributed by atoms with Gasteiger partial charge >= 0.3 is 0 Å². The monoisotopic (exact) mass is 227 g/mol. The van der Waals surface area contributed by atoms with Crippen LogP contribution in [0.5, 0.6) is 0 Å². The van der Waals surface area contributed by atoms with Gasteiger partial charge in [0.2, 0.25) is 0 Å². The molecule has 1 atom stereocenters. The van der Waals surface area contributed by atoms with Crippen molar-refractivity contribution in [2.24, 2.45) is 5.73 Å². The summed E-state index contributed by atoms with van der Waals surface area (Å²) in [5, 5.41) is 0. The highest BCUT2D eigenvalue weighted by Crippen LogP contribution is 2.12. The normalized spacial score (nSPS) is 12.8. The molecular formula is C13H19F2N. The minimum Gasteiger partial charge on any atom is -0.328 e. The topological polar surface area (TPSA) is 26.0 Å². The number of halogens is 2. The summed E-state index contributed by atoms with van der Waals surface area (Å²) in [5.41, 5.74) is 6.70. The van der Waals surface area contributed by atoms with Gasteiger partial charge < -0.3 is 5.73 Å². The third-order valence-corrected chi connectivity index (χ3v) is 2.68. The van der Waals surface area contributed by atoms with E-state index in [4.69, 9.17) is 5.73 Å². The minimum atomic E-state index is -0.786. The second-order valence-electron chi connectivity index (χ2n) is 4.19. The van der Waals surface area contributed by atoms with Gasteiger partial charge in [0.1, 0.15) is 0 Å². The highest BCUT2D eigenvalue weighted by molar-refractivity contribution is 5.17. The predicted octanol–water partition coefficient (Wildman–Crippen LogP) is 3.41. The Hall–Kier alpha value is -0.960. The van der Waals surface area contributed by atoms with Crippen LogP contribution in [0.2, 0.25) is 0 Å². The first-order valence-electron chi connectivity index (χ1n) is 5.83. The zero-order valence-electron chi connectivity index (χ0n) is 9.68. The molecule has 1 rings (SSSR count). The van der Waals surface area contributed by atoms with E-state index in [1.807, 2.05) is 0 Å². The SMILES string of the molecule is CCCC(N)CCCc1ccc(F)c(F)c1. The first-order chi connectivity index (χ1) is 7.63. The third-order valence-electron chi connectivity index (χ3n) is 2.68. The highest BCUT2D eigenvalue weighted by atomic mass is 19.2. The standard InChI is InChI=1S/C13H19F2N/c1-2-4-11(16)6-3-5-10-7-8-12(14)13(15)9-10/h7-9,11H,2-6,16H2,1H3. The molecule has 0 aromatic heterocycles. The van der Waals surface area contributed by atoms with E-state index in [1.54, 1.807) is 6.07 Å². The number of benzene rings is 1. The summed E-state index contributed by atoms with van der Waals surface area (Å²) in [4.78, 5) is 0. The fraction of sp³-hybridized carbons (Fsp3) is 0.538. The molecule has 1 aromatic rings. The van der Waals surface area contributed by atoms with E-state index in [1.165, 1.54) is 12.1 Å². The summed E-state index contributed by atoms with van der Waals surface area (Å²) in [6.07, 6.45) is 4.73. The summed E-state index contributed by atoms with van der Waals surface area (Å²) < 4.78 is 25.5. The quantitative estimate of drug-likeness (QED) is 0.791. The van der Waals surface area contributed by atoms with Crippen LogP contribution in [0.4, 0.5) is 8.78 Å². The summed E-state index contributed by atoms with van der Waals surface area (Å²) in [5.74, 6) is -1.55. The van der Waals surface area contributed by atoms with Crippen LogP contribution in [0.25, 0.3) is 0 Å². The molecule has 3 heteroatoms. The van der Waals surface area contributed by atoms with Crippen LogP contribution in [-0.4, -0.2) is 6.04 Å². The molecule has 16 heavy (non-hydrogen) atoms. The Morgan fingerprint density at radius 3 is 2.56 bits per heavy atom. The maximum absolute atomic E-state index is 12.9. The van der Waals surface area contributed by atoms with Gasteiger partial charge in [-0.2, -0.15) is 0 Å². The lowest BCUT2D eigenvalue weighted by molar-refractivity contribution is 0.505. The van der Waals surface area contributed by atoms with Crippen LogP contribution in [0.15, 0.2) is 18.2 Å². The van der Waals surface area contributed by atoms with Crippen LogP contribution < -0.4 is 5.73 Å². The summed E-state index contributed by atoms with van der Waals surface area (Å²) in [7, 11) is 0. The molecule has 0 aliphatic rings. The average molecular weight is 227 g/mol. The molecule has 2 N–H and O–H groups in total. The Balaban J connectivity index is 2.34. The second-order valence-corrected chi connectivity index (χ2v) is 4.19.